The molecule has 0 aliphatic carbocycles. The molecule has 0 saturated carbocycles. The van der Waals surface area contributed by atoms with Crippen LogP contribution in [0.1, 0.15) is 31.4 Å². The maximum Gasteiger partial charge on any atom is 0.116 e. The predicted octanol–water partition coefficient (Wildman–Crippen LogP) is 5.04. The van der Waals surface area contributed by atoms with Gasteiger partial charge in [-0.3, -0.25) is 0 Å². The highest BCUT2D eigenvalue weighted by molar-refractivity contribution is 9.14. The van der Waals surface area contributed by atoms with Gasteiger partial charge in [-0.05, 0) is 39.4 Å². The van der Waals surface area contributed by atoms with Crippen LogP contribution < -0.4 is 0 Å². The summed E-state index contributed by atoms with van der Waals surface area (Å²) in [5, 5.41) is 0. The smallest absolute Gasteiger partial charge is 0.116 e. The lowest BCUT2D eigenvalue weighted by molar-refractivity contribution is 0.647. The van der Waals surface area contributed by atoms with E-state index < -0.39 is 0 Å². The molecule has 1 heterocycles. The topological polar surface area (TPSA) is 12.4 Å². The largest absolute Gasteiger partial charge is 0.244 e. The monoisotopic (exact) mass is 355 g/mol. The molecule has 1 aromatic carbocycles. The normalized spacial score (nSPS) is 15.7. The van der Waals surface area contributed by atoms with E-state index in [1.807, 2.05) is 0 Å². The van der Waals surface area contributed by atoms with Gasteiger partial charge in [0.05, 0.1) is 5.71 Å². The van der Waals surface area contributed by atoms with Gasteiger partial charge in [-0.15, -0.1) is 0 Å². The molecule has 90 valence electrons. The summed E-state index contributed by atoms with van der Waals surface area (Å²) in [6, 6.07) is 8.75. The van der Waals surface area contributed by atoms with Crippen molar-refractivity contribution in [3.63, 3.8) is 0 Å². The van der Waals surface area contributed by atoms with Crippen molar-refractivity contribution in [3.8, 4) is 0 Å². The summed E-state index contributed by atoms with van der Waals surface area (Å²) in [7, 11) is 0. The van der Waals surface area contributed by atoms with E-state index in [9.17, 15) is 0 Å². The molecule has 1 aliphatic heterocycles. The van der Waals surface area contributed by atoms with Gasteiger partial charge in [-0.25, -0.2) is 4.99 Å². The number of allylic oxidation sites excluding steroid dienone is 1. The van der Waals surface area contributed by atoms with Crippen LogP contribution in [0.5, 0.6) is 0 Å². The lowest BCUT2D eigenvalue weighted by atomic mass is 10.00. The zero-order chi connectivity index (χ0) is 12.4. The van der Waals surface area contributed by atoms with E-state index in [-0.39, 0.29) is 0 Å². The molecule has 0 bridgehead atoms. The number of nitrogens with zero attached hydrogens (tertiary/aromatic N) is 1. The van der Waals surface area contributed by atoms with Gasteiger partial charge in [0.25, 0.3) is 0 Å². The molecule has 1 aliphatic rings. The Kier molecular flexibility index (Phi) is 4.21. The lowest BCUT2D eigenvalue weighted by Crippen LogP contribution is -1.99. The average molecular weight is 357 g/mol. The summed E-state index contributed by atoms with van der Waals surface area (Å²) in [5.41, 5.74) is 3.73. The summed E-state index contributed by atoms with van der Waals surface area (Å²) in [6.45, 7) is 4.49. The molecule has 0 spiro atoms. The second kappa shape index (κ2) is 5.49. The van der Waals surface area contributed by atoms with E-state index in [4.69, 9.17) is 0 Å². The summed E-state index contributed by atoms with van der Waals surface area (Å²) >= 11 is 6.94. The third kappa shape index (κ3) is 3.29. The SMILES string of the molecule is CC(C)Cc1ccc(C2=NC(Br)=C(Br)C2)cc1. The van der Waals surface area contributed by atoms with Crippen molar-refractivity contribution >= 4 is 37.6 Å². The summed E-state index contributed by atoms with van der Waals surface area (Å²) in [6.07, 6.45) is 2.02. The maximum absolute atomic E-state index is 4.50. The van der Waals surface area contributed by atoms with Gasteiger partial charge in [-0.1, -0.05) is 54.0 Å². The molecule has 2 rings (SSSR count). The van der Waals surface area contributed by atoms with Crippen LogP contribution in [0.2, 0.25) is 0 Å². The first-order chi connectivity index (χ1) is 8.06. The minimum Gasteiger partial charge on any atom is -0.244 e. The van der Waals surface area contributed by atoms with E-state index in [0.29, 0.717) is 5.92 Å². The van der Waals surface area contributed by atoms with E-state index in [2.05, 4.69) is 75.0 Å². The molecule has 1 aromatic rings. The molecule has 17 heavy (non-hydrogen) atoms. The van der Waals surface area contributed by atoms with Crippen molar-refractivity contribution in [1.29, 1.82) is 0 Å². The molecule has 0 radical (unpaired) electrons. The number of aliphatic imine (C=N–C) groups is 1. The average Bonchev–Trinajstić information content (AvgIpc) is 2.59. The van der Waals surface area contributed by atoms with Gasteiger partial charge >= 0.3 is 0 Å². The number of rotatable bonds is 3. The molecule has 0 amide bonds. The van der Waals surface area contributed by atoms with Gasteiger partial charge in [-0.2, -0.15) is 0 Å². The Morgan fingerprint density at radius 3 is 2.29 bits per heavy atom. The Morgan fingerprint density at radius 2 is 1.82 bits per heavy atom. The summed E-state index contributed by atoms with van der Waals surface area (Å²) < 4.78 is 2.04. The van der Waals surface area contributed by atoms with Crippen molar-refractivity contribution in [1.82, 2.24) is 0 Å². The molecular formula is C14H15Br2N. The minimum absolute atomic E-state index is 0.703. The zero-order valence-electron chi connectivity index (χ0n) is 10.0. The highest BCUT2D eigenvalue weighted by Gasteiger charge is 2.15. The van der Waals surface area contributed by atoms with Gasteiger partial charge in [0.15, 0.2) is 0 Å². The molecule has 0 saturated heterocycles. The fourth-order valence-electron chi connectivity index (χ4n) is 1.91. The van der Waals surface area contributed by atoms with Crippen LogP contribution in [0.25, 0.3) is 0 Å². The third-order valence-corrected chi connectivity index (χ3v) is 4.55. The van der Waals surface area contributed by atoms with Crippen LogP contribution >= 0.6 is 31.9 Å². The van der Waals surface area contributed by atoms with E-state index >= 15 is 0 Å². The van der Waals surface area contributed by atoms with Crippen molar-refractivity contribution in [2.45, 2.75) is 26.7 Å². The van der Waals surface area contributed by atoms with Crippen LogP contribution in [-0.2, 0) is 6.42 Å². The van der Waals surface area contributed by atoms with Gasteiger partial charge < -0.3 is 0 Å². The van der Waals surface area contributed by atoms with Crippen LogP contribution in [-0.4, -0.2) is 5.71 Å². The number of hydrogen-bond acceptors (Lipinski definition) is 1. The highest BCUT2D eigenvalue weighted by Crippen LogP contribution is 2.31. The zero-order valence-corrected chi connectivity index (χ0v) is 13.2. The summed E-state index contributed by atoms with van der Waals surface area (Å²) in [5.74, 6) is 0.703. The van der Waals surface area contributed by atoms with Crippen molar-refractivity contribution < 1.29 is 0 Å². The van der Waals surface area contributed by atoms with Crippen LogP contribution in [0.4, 0.5) is 0 Å². The molecule has 0 unspecified atom stereocenters. The molecule has 0 N–H and O–H groups in total. The second-order valence-corrected chi connectivity index (χ2v) is 6.43. The first-order valence-corrected chi connectivity index (χ1v) is 7.36. The molecule has 3 heteroatoms. The van der Waals surface area contributed by atoms with E-state index in [0.717, 1.165) is 27.6 Å². The first kappa shape index (κ1) is 13.0. The van der Waals surface area contributed by atoms with E-state index in [1.54, 1.807) is 0 Å². The van der Waals surface area contributed by atoms with Gasteiger partial charge in [0.1, 0.15) is 4.61 Å². The molecular weight excluding hydrogens is 342 g/mol. The van der Waals surface area contributed by atoms with Crippen molar-refractivity contribution in [2.24, 2.45) is 10.9 Å². The lowest BCUT2D eigenvalue weighted by Gasteiger charge is -2.06. The Balaban J connectivity index is 2.12. The van der Waals surface area contributed by atoms with Crippen molar-refractivity contribution in [2.75, 3.05) is 0 Å². The van der Waals surface area contributed by atoms with Crippen molar-refractivity contribution in [3.05, 3.63) is 44.5 Å². The third-order valence-electron chi connectivity index (χ3n) is 2.71. The van der Waals surface area contributed by atoms with Gasteiger partial charge in [0, 0.05) is 10.9 Å². The Bertz CT molecular complexity index is 470. The summed E-state index contributed by atoms with van der Waals surface area (Å²) in [4.78, 5) is 4.50. The van der Waals surface area contributed by atoms with Crippen LogP contribution in [0, 0.1) is 5.92 Å². The number of benzene rings is 1. The predicted molar refractivity (Wildman–Crippen MR) is 81.0 cm³/mol. The standard InChI is InChI=1S/C14H15Br2N/c1-9(2)7-10-3-5-11(6-4-10)13-8-12(15)14(16)17-13/h3-6,9H,7-8H2,1-2H3. The minimum atomic E-state index is 0.703. The van der Waals surface area contributed by atoms with Crippen LogP contribution in [0.3, 0.4) is 0 Å². The fourth-order valence-corrected chi connectivity index (χ4v) is 2.62. The quantitative estimate of drug-likeness (QED) is 0.673. The molecule has 1 nitrogen and oxygen atoms in total. The molecule has 0 aromatic heterocycles. The number of halogens is 2. The fraction of sp³-hybridized carbons (Fsp3) is 0.357. The Morgan fingerprint density at radius 1 is 1.18 bits per heavy atom. The highest BCUT2D eigenvalue weighted by atomic mass is 79.9. The van der Waals surface area contributed by atoms with Gasteiger partial charge in [0.2, 0.25) is 0 Å². The number of hydrogen-bond donors (Lipinski definition) is 0. The maximum atomic E-state index is 4.50. The van der Waals surface area contributed by atoms with Crippen LogP contribution in [0.15, 0.2) is 38.3 Å². The Hall–Kier alpha value is -0.410. The first-order valence-electron chi connectivity index (χ1n) is 5.77. The van der Waals surface area contributed by atoms with E-state index in [1.165, 1.54) is 11.1 Å². The molecule has 0 fully saturated rings. The molecule has 0 atom stereocenters. The second-order valence-electron chi connectivity index (χ2n) is 4.73. The Labute approximate surface area is 119 Å².